The maximum atomic E-state index is 2.13. The summed E-state index contributed by atoms with van der Waals surface area (Å²) in [5, 5.41) is 2.08. The largest absolute Gasteiger partial charge is 0.0904 e. The fourth-order valence-electron chi connectivity index (χ4n) is 1.43. The Morgan fingerprint density at radius 1 is 1.00 bits per heavy atom. The lowest BCUT2D eigenvalue weighted by Crippen LogP contribution is -2.10. The first-order valence-electron chi connectivity index (χ1n) is 3.27. The van der Waals surface area contributed by atoms with Crippen LogP contribution in [-0.2, 0) is 0 Å². The summed E-state index contributed by atoms with van der Waals surface area (Å²) in [7, 11) is 4.26. The summed E-state index contributed by atoms with van der Waals surface area (Å²) in [6.07, 6.45) is 5.99. The normalized spacial score (nSPS) is 45.0. The molecule has 2 aliphatic rings. The third-order valence-electron chi connectivity index (χ3n) is 1.91. The van der Waals surface area contributed by atoms with Crippen molar-refractivity contribution in [2.24, 2.45) is 0 Å². The third kappa shape index (κ3) is 0.883. The van der Waals surface area contributed by atoms with Crippen LogP contribution >= 0.6 is 21.6 Å². The average Bonchev–Trinajstić information content (AvgIpc) is 2.12. The van der Waals surface area contributed by atoms with Crippen LogP contribution in [-0.4, -0.2) is 10.5 Å². The molecule has 0 nitrogen and oxygen atoms in total. The Kier molecular flexibility index (Phi) is 1.47. The van der Waals surface area contributed by atoms with E-state index in [-0.39, 0.29) is 0 Å². The molecule has 0 spiro atoms. The van der Waals surface area contributed by atoms with E-state index in [0.717, 1.165) is 10.5 Å². The second-order valence-corrected chi connectivity index (χ2v) is 5.48. The van der Waals surface area contributed by atoms with Crippen molar-refractivity contribution in [1.82, 2.24) is 0 Å². The van der Waals surface area contributed by atoms with Crippen molar-refractivity contribution in [2.75, 3.05) is 0 Å². The van der Waals surface area contributed by atoms with Gasteiger partial charge in [-0.15, -0.1) is 0 Å². The van der Waals surface area contributed by atoms with Crippen LogP contribution in [0.3, 0.4) is 0 Å². The van der Waals surface area contributed by atoms with Crippen LogP contribution in [0.15, 0.2) is 0 Å². The van der Waals surface area contributed by atoms with Gasteiger partial charge in [0.1, 0.15) is 0 Å². The molecule has 1 aliphatic carbocycles. The Hall–Kier alpha value is 0.700. The fourth-order valence-corrected chi connectivity index (χ4v) is 5.01. The van der Waals surface area contributed by atoms with E-state index in [2.05, 4.69) is 21.6 Å². The maximum Gasteiger partial charge on any atom is 0.0162 e. The van der Waals surface area contributed by atoms with Crippen molar-refractivity contribution in [3.63, 3.8) is 0 Å². The van der Waals surface area contributed by atoms with Gasteiger partial charge in [0.15, 0.2) is 0 Å². The van der Waals surface area contributed by atoms with Crippen molar-refractivity contribution >= 4 is 21.6 Å². The van der Waals surface area contributed by atoms with Crippen LogP contribution < -0.4 is 0 Å². The molecule has 0 N–H and O–H groups in total. The zero-order chi connectivity index (χ0) is 5.40. The second-order valence-electron chi connectivity index (χ2n) is 2.60. The van der Waals surface area contributed by atoms with E-state index in [4.69, 9.17) is 0 Å². The van der Waals surface area contributed by atoms with Crippen LogP contribution in [0.25, 0.3) is 0 Å². The van der Waals surface area contributed by atoms with Gasteiger partial charge in [-0.25, -0.2) is 0 Å². The predicted octanol–water partition coefficient (Wildman–Crippen LogP) is 2.69. The van der Waals surface area contributed by atoms with Crippen LogP contribution in [0.2, 0.25) is 0 Å². The highest BCUT2D eigenvalue weighted by Crippen LogP contribution is 2.50. The molecule has 1 saturated heterocycles. The molecule has 0 radical (unpaired) electrons. The average molecular weight is 146 g/mol. The number of rotatable bonds is 0. The minimum Gasteiger partial charge on any atom is -0.0904 e. The van der Waals surface area contributed by atoms with Gasteiger partial charge in [0.05, 0.1) is 0 Å². The van der Waals surface area contributed by atoms with E-state index >= 15 is 0 Å². The second kappa shape index (κ2) is 2.14. The molecule has 2 bridgehead atoms. The Bertz CT molecular complexity index is 78.5. The summed E-state index contributed by atoms with van der Waals surface area (Å²) >= 11 is 0. The van der Waals surface area contributed by atoms with Gasteiger partial charge in [-0.3, -0.25) is 0 Å². The lowest BCUT2D eigenvalue weighted by molar-refractivity contribution is 0.538. The molecule has 0 aromatic heterocycles. The highest BCUT2D eigenvalue weighted by Gasteiger charge is 2.29. The van der Waals surface area contributed by atoms with E-state index in [9.17, 15) is 0 Å². The molecule has 1 heterocycles. The Morgan fingerprint density at radius 2 is 1.62 bits per heavy atom. The molecule has 1 aliphatic heterocycles. The van der Waals surface area contributed by atoms with Crippen molar-refractivity contribution in [2.45, 2.75) is 36.2 Å². The molecule has 2 heteroatoms. The molecular formula is C6H10S2. The smallest absolute Gasteiger partial charge is 0.0162 e. The summed E-state index contributed by atoms with van der Waals surface area (Å²) in [6, 6.07) is 0. The summed E-state index contributed by atoms with van der Waals surface area (Å²) in [4.78, 5) is 0. The van der Waals surface area contributed by atoms with Gasteiger partial charge in [0.25, 0.3) is 0 Å². The minimum atomic E-state index is 1.04. The first-order valence-corrected chi connectivity index (χ1v) is 5.55. The SMILES string of the molecule is C1CC2CC(C1)SS2. The zero-order valence-electron chi connectivity index (χ0n) is 4.80. The van der Waals surface area contributed by atoms with Gasteiger partial charge in [0, 0.05) is 10.5 Å². The van der Waals surface area contributed by atoms with Gasteiger partial charge in [-0.05, 0) is 19.3 Å². The van der Waals surface area contributed by atoms with E-state index in [1.165, 1.54) is 25.7 Å². The van der Waals surface area contributed by atoms with Gasteiger partial charge in [0.2, 0.25) is 0 Å². The topological polar surface area (TPSA) is 0 Å². The quantitative estimate of drug-likeness (QED) is 0.482. The van der Waals surface area contributed by atoms with Gasteiger partial charge in [-0.1, -0.05) is 28.0 Å². The molecule has 8 heavy (non-hydrogen) atoms. The van der Waals surface area contributed by atoms with Crippen LogP contribution in [0, 0.1) is 0 Å². The Morgan fingerprint density at radius 3 is 2.12 bits per heavy atom. The molecule has 1 saturated carbocycles. The van der Waals surface area contributed by atoms with Gasteiger partial charge < -0.3 is 0 Å². The Labute approximate surface area is 58.2 Å². The number of fused-ring (bicyclic) bond motifs is 2. The molecule has 0 aromatic carbocycles. The molecule has 0 amide bonds. The standard InChI is InChI=1S/C6H10S2/c1-2-5-4-6(3-1)8-7-5/h5-6H,1-4H2. The van der Waals surface area contributed by atoms with Crippen molar-refractivity contribution in [1.29, 1.82) is 0 Å². The summed E-state index contributed by atoms with van der Waals surface area (Å²) in [5.41, 5.74) is 0. The Balaban J connectivity index is 2.03. The molecular weight excluding hydrogens is 136 g/mol. The lowest BCUT2D eigenvalue weighted by atomic mass is 10.00. The highest BCUT2D eigenvalue weighted by molar-refractivity contribution is 8.77. The molecule has 0 aromatic rings. The van der Waals surface area contributed by atoms with E-state index < -0.39 is 0 Å². The maximum absolute atomic E-state index is 2.13. The van der Waals surface area contributed by atoms with E-state index in [1.807, 2.05) is 0 Å². The van der Waals surface area contributed by atoms with Crippen LogP contribution in [0.5, 0.6) is 0 Å². The third-order valence-corrected chi connectivity index (χ3v) is 5.38. The van der Waals surface area contributed by atoms with Crippen molar-refractivity contribution in [3.8, 4) is 0 Å². The van der Waals surface area contributed by atoms with Crippen molar-refractivity contribution < 1.29 is 0 Å². The lowest BCUT2D eigenvalue weighted by Gasteiger charge is -2.14. The molecule has 2 fully saturated rings. The monoisotopic (exact) mass is 146 g/mol. The fraction of sp³-hybridized carbons (Fsp3) is 1.00. The molecule has 2 unspecified atom stereocenters. The molecule has 2 atom stereocenters. The van der Waals surface area contributed by atoms with E-state index in [0.29, 0.717) is 0 Å². The zero-order valence-corrected chi connectivity index (χ0v) is 6.43. The first-order chi connectivity index (χ1) is 3.95. The number of hydrogen-bond acceptors (Lipinski definition) is 2. The highest BCUT2D eigenvalue weighted by atomic mass is 33.1. The first kappa shape index (κ1) is 5.48. The number of hydrogen-bond donors (Lipinski definition) is 0. The molecule has 2 rings (SSSR count). The summed E-state index contributed by atoms with van der Waals surface area (Å²) < 4.78 is 0. The van der Waals surface area contributed by atoms with E-state index in [1.54, 1.807) is 0 Å². The van der Waals surface area contributed by atoms with Gasteiger partial charge >= 0.3 is 0 Å². The van der Waals surface area contributed by atoms with Crippen LogP contribution in [0.1, 0.15) is 25.7 Å². The van der Waals surface area contributed by atoms with Crippen LogP contribution in [0.4, 0.5) is 0 Å². The summed E-state index contributed by atoms with van der Waals surface area (Å²) in [6.45, 7) is 0. The molecule has 46 valence electrons. The summed E-state index contributed by atoms with van der Waals surface area (Å²) in [5.74, 6) is 0. The van der Waals surface area contributed by atoms with Gasteiger partial charge in [-0.2, -0.15) is 0 Å². The predicted molar refractivity (Wildman–Crippen MR) is 41.2 cm³/mol. The minimum absolute atomic E-state index is 1.04. The van der Waals surface area contributed by atoms with Crippen molar-refractivity contribution in [3.05, 3.63) is 0 Å².